The summed E-state index contributed by atoms with van der Waals surface area (Å²) in [6, 6.07) is 21.7. The smallest absolute Gasteiger partial charge is 0.338 e. The molecule has 0 radical (unpaired) electrons. The van der Waals surface area contributed by atoms with Gasteiger partial charge in [0.15, 0.2) is 0 Å². The number of hydrogen-bond acceptors (Lipinski definition) is 5. The highest BCUT2D eigenvalue weighted by atomic mass is 16.5. The molecule has 6 nitrogen and oxygen atoms in total. The van der Waals surface area contributed by atoms with E-state index >= 15 is 0 Å². The molecule has 3 aromatic carbocycles. The van der Waals surface area contributed by atoms with Gasteiger partial charge in [0.1, 0.15) is 5.75 Å². The quantitative estimate of drug-likeness (QED) is 0.443. The third-order valence-corrected chi connectivity index (χ3v) is 4.65. The molecule has 0 unspecified atom stereocenters. The molecule has 0 fully saturated rings. The number of amides is 1. The fourth-order valence-corrected chi connectivity index (χ4v) is 3.09. The van der Waals surface area contributed by atoms with Crippen LogP contribution in [0, 0.1) is 0 Å². The number of nitrogens with one attached hydrogen (secondary N) is 1. The standard InChI is InChI=1S/C26H27NO5/c1-3-31-24-15-12-21(16-22(24)18-30-17-19-8-6-5-7-9-19)25(28)27-23-13-10-20(11-14-23)26(29)32-4-2/h5-16H,3-4,17-18H2,1-2H3,(H,27,28). The summed E-state index contributed by atoms with van der Waals surface area (Å²) in [6.07, 6.45) is 0. The predicted molar refractivity (Wildman–Crippen MR) is 123 cm³/mol. The Labute approximate surface area is 188 Å². The molecule has 0 bridgehead atoms. The van der Waals surface area contributed by atoms with Gasteiger partial charge in [-0.2, -0.15) is 0 Å². The maximum absolute atomic E-state index is 12.8. The number of carbonyl (C=O) groups is 2. The van der Waals surface area contributed by atoms with Crippen LogP contribution in [0.1, 0.15) is 45.7 Å². The van der Waals surface area contributed by atoms with Crippen molar-refractivity contribution in [1.82, 2.24) is 0 Å². The summed E-state index contributed by atoms with van der Waals surface area (Å²) in [7, 11) is 0. The molecule has 0 aliphatic carbocycles. The van der Waals surface area contributed by atoms with Gasteiger partial charge in [0.2, 0.25) is 0 Å². The van der Waals surface area contributed by atoms with Crippen LogP contribution in [-0.4, -0.2) is 25.1 Å². The van der Waals surface area contributed by atoms with Gasteiger partial charge < -0.3 is 19.5 Å². The molecule has 6 heteroatoms. The number of esters is 1. The Kier molecular flexibility index (Phi) is 8.40. The van der Waals surface area contributed by atoms with Crippen LogP contribution in [0.4, 0.5) is 5.69 Å². The Balaban J connectivity index is 1.67. The molecule has 166 valence electrons. The summed E-state index contributed by atoms with van der Waals surface area (Å²) in [5.74, 6) is 0.0363. The van der Waals surface area contributed by atoms with Crippen molar-refractivity contribution in [3.63, 3.8) is 0 Å². The lowest BCUT2D eigenvalue weighted by Gasteiger charge is -2.13. The van der Waals surface area contributed by atoms with Crippen molar-refractivity contribution in [3.05, 3.63) is 95.1 Å². The normalized spacial score (nSPS) is 10.4. The van der Waals surface area contributed by atoms with Crippen molar-refractivity contribution < 1.29 is 23.8 Å². The lowest BCUT2D eigenvalue weighted by Crippen LogP contribution is -2.13. The highest BCUT2D eigenvalue weighted by Crippen LogP contribution is 2.23. The average Bonchev–Trinajstić information content (AvgIpc) is 2.81. The number of rotatable bonds is 10. The Morgan fingerprint density at radius 3 is 2.22 bits per heavy atom. The molecule has 0 aliphatic rings. The van der Waals surface area contributed by atoms with Gasteiger partial charge in [-0.3, -0.25) is 4.79 Å². The number of carbonyl (C=O) groups excluding carboxylic acids is 2. The summed E-state index contributed by atoms with van der Waals surface area (Å²) in [4.78, 5) is 24.5. The maximum atomic E-state index is 12.8. The number of hydrogen-bond donors (Lipinski definition) is 1. The Bertz CT molecular complexity index is 1030. The van der Waals surface area contributed by atoms with Crippen LogP contribution in [0.5, 0.6) is 5.75 Å². The summed E-state index contributed by atoms with van der Waals surface area (Å²) in [5, 5.41) is 2.84. The van der Waals surface area contributed by atoms with Gasteiger partial charge in [-0.1, -0.05) is 30.3 Å². The third-order valence-electron chi connectivity index (χ3n) is 4.65. The van der Waals surface area contributed by atoms with E-state index in [4.69, 9.17) is 14.2 Å². The topological polar surface area (TPSA) is 73.9 Å². The van der Waals surface area contributed by atoms with Crippen LogP contribution < -0.4 is 10.1 Å². The highest BCUT2D eigenvalue weighted by Gasteiger charge is 2.12. The lowest BCUT2D eigenvalue weighted by atomic mass is 10.1. The zero-order valence-corrected chi connectivity index (χ0v) is 18.3. The first-order chi connectivity index (χ1) is 15.6. The van der Waals surface area contributed by atoms with Crippen molar-refractivity contribution in [2.75, 3.05) is 18.5 Å². The molecule has 0 saturated heterocycles. The van der Waals surface area contributed by atoms with E-state index in [1.807, 2.05) is 37.3 Å². The summed E-state index contributed by atoms with van der Waals surface area (Å²) in [5.41, 5.74) is 3.38. The summed E-state index contributed by atoms with van der Waals surface area (Å²) >= 11 is 0. The third kappa shape index (κ3) is 6.43. The van der Waals surface area contributed by atoms with Gasteiger partial charge >= 0.3 is 5.97 Å². The van der Waals surface area contributed by atoms with Crippen LogP contribution in [0.25, 0.3) is 0 Å². The summed E-state index contributed by atoms with van der Waals surface area (Å²) < 4.78 is 16.5. The van der Waals surface area contributed by atoms with E-state index in [9.17, 15) is 9.59 Å². The molecule has 3 aromatic rings. The first-order valence-corrected chi connectivity index (χ1v) is 10.6. The minimum atomic E-state index is -0.392. The second-order valence-electron chi connectivity index (χ2n) is 6.99. The SMILES string of the molecule is CCOC(=O)c1ccc(NC(=O)c2ccc(OCC)c(COCc3ccccc3)c2)cc1. The molecule has 0 spiro atoms. The largest absolute Gasteiger partial charge is 0.494 e. The van der Waals surface area contributed by atoms with Gasteiger partial charge in [-0.05, 0) is 61.9 Å². The molecular weight excluding hydrogens is 406 g/mol. The van der Waals surface area contributed by atoms with Gasteiger partial charge in [0, 0.05) is 16.8 Å². The van der Waals surface area contributed by atoms with Gasteiger partial charge in [0.05, 0.1) is 32.0 Å². The second kappa shape index (κ2) is 11.7. The van der Waals surface area contributed by atoms with Crippen LogP contribution in [-0.2, 0) is 22.7 Å². The van der Waals surface area contributed by atoms with Crippen LogP contribution in [0.3, 0.4) is 0 Å². The van der Waals surface area contributed by atoms with Crippen molar-refractivity contribution in [2.45, 2.75) is 27.1 Å². The Hall–Kier alpha value is -3.64. The number of ether oxygens (including phenoxy) is 3. The first-order valence-electron chi connectivity index (χ1n) is 10.6. The molecule has 3 rings (SSSR count). The zero-order chi connectivity index (χ0) is 22.8. The maximum Gasteiger partial charge on any atom is 0.338 e. The fraction of sp³-hybridized carbons (Fsp3) is 0.231. The minimum Gasteiger partial charge on any atom is -0.494 e. The first kappa shape index (κ1) is 23.0. The average molecular weight is 434 g/mol. The van der Waals surface area contributed by atoms with Gasteiger partial charge in [-0.15, -0.1) is 0 Å². The van der Waals surface area contributed by atoms with E-state index in [0.717, 1.165) is 11.1 Å². The zero-order valence-electron chi connectivity index (χ0n) is 18.3. The van der Waals surface area contributed by atoms with E-state index in [1.54, 1.807) is 49.4 Å². The molecule has 32 heavy (non-hydrogen) atoms. The molecule has 1 N–H and O–H groups in total. The molecular formula is C26H27NO5. The number of anilines is 1. The van der Waals surface area contributed by atoms with Gasteiger partial charge in [0.25, 0.3) is 5.91 Å². The Morgan fingerprint density at radius 2 is 1.53 bits per heavy atom. The van der Waals surface area contributed by atoms with Crippen LogP contribution in [0.2, 0.25) is 0 Å². The van der Waals surface area contributed by atoms with Crippen molar-refractivity contribution in [1.29, 1.82) is 0 Å². The van der Waals surface area contributed by atoms with Crippen LogP contribution >= 0.6 is 0 Å². The Morgan fingerprint density at radius 1 is 0.812 bits per heavy atom. The minimum absolute atomic E-state index is 0.263. The molecule has 1 amide bonds. The molecule has 0 aliphatic heterocycles. The van der Waals surface area contributed by atoms with E-state index in [0.29, 0.717) is 49.0 Å². The van der Waals surface area contributed by atoms with E-state index < -0.39 is 5.97 Å². The van der Waals surface area contributed by atoms with E-state index in [2.05, 4.69) is 5.32 Å². The van der Waals surface area contributed by atoms with E-state index in [1.165, 1.54) is 0 Å². The molecule has 0 atom stereocenters. The monoisotopic (exact) mass is 433 g/mol. The van der Waals surface area contributed by atoms with E-state index in [-0.39, 0.29) is 5.91 Å². The summed E-state index contributed by atoms with van der Waals surface area (Å²) in [6.45, 7) is 5.28. The van der Waals surface area contributed by atoms with Crippen molar-refractivity contribution in [2.24, 2.45) is 0 Å². The second-order valence-corrected chi connectivity index (χ2v) is 6.99. The van der Waals surface area contributed by atoms with Crippen LogP contribution in [0.15, 0.2) is 72.8 Å². The van der Waals surface area contributed by atoms with Crippen molar-refractivity contribution in [3.8, 4) is 5.75 Å². The lowest BCUT2D eigenvalue weighted by molar-refractivity contribution is 0.0526. The fourth-order valence-electron chi connectivity index (χ4n) is 3.09. The number of benzene rings is 3. The molecule has 0 saturated carbocycles. The molecule has 0 aromatic heterocycles. The highest BCUT2D eigenvalue weighted by molar-refractivity contribution is 6.04. The van der Waals surface area contributed by atoms with Gasteiger partial charge in [-0.25, -0.2) is 4.79 Å². The predicted octanol–water partition coefficient (Wildman–Crippen LogP) is 5.23. The van der Waals surface area contributed by atoms with Crippen molar-refractivity contribution >= 4 is 17.6 Å². The molecule has 0 heterocycles.